The van der Waals surface area contributed by atoms with Crippen LogP contribution in [0, 0.1) is 0 Å². The molecule has 1 aliphatic heterocycles. The van der Waals surface area contributed by atoms with Crippen molar-refractivity contribution in [3.05, 3.63) is 60.2 Å². The number of aliphatic carboxylic acids is 1. The predicted molar refractivity (Wildman–Crippen MR) is 86.1 cm³/mol. The summed E-state index contributed by atoms with van der Waals surface area (Å²) in [6.45, 7) is 0.744. The Hall–Kier alpha value is -1.94. The Kier molecular flexibility index (Phi) is 4.15. The first-order valence-electron chi connectivity index (χ1n) is 7.01. The van der Waals surface area contributed by atoms with Gasteiger partial charge >= 0.3 is 5.97 Å². The van der Waals surface area contributed by atoms with E-state index in [0.717, 1.165) is 23.5 Å². The van der Waals surface area contributed by atoms with E-state index in [4.69, 9.17) is 0 Å². The molecule has 0 saturated heterocycles. The van der Waals surface area contributed by atoms with Gasteiger partial charge in [0.1, 0.15) is 6.04 Å². The summed E-state index contributed by atoms with van der Waals surface area (Å²) in [7, 11) is 0. The molecular weight excluding hydrogens is 282 g/mol. The van der Waals surface area contributed by atoms with Crippen LogP contribution in [0.2, 0.25) is 0 Å². The van der Waals surface area contributed by atoms with Crippen LogP contribution in [0.5, 0.6) is 0 Å². The molecule has 1 N–H and O–H groups in total. The summed E-state index contributed by atoms with van der Waals surface area (Å²) in [6.07, 6.45) is 0.599. The van der Waals surface area contributed by atoms with E-state index in [2.05, 4.69) is 12.1 Å². The molecule has 0 aromatic heterocycles. The van der Waals surface area contributed by atoms with Crippen LogP contribution < -0.4 is 4.90 Å². The molecule has 3 rings (SSSR count). The fourth-order valence-corrected chi connectivity index (χ4v) is 3.60. The van der Waals surface area contributed by atoms with E-state index in [1.807, 2.05) is 47.4 Å². The SMILES string of the molecule is O=C(O)C1Cc2ccccc2N1CCSc1ccccc1. The Morgan fingerprint density at radius 2 is 1.86 bits per heavy atom. The number of thioether (sulfide) groups is 1. The second-order valence-corrected chi connectivity index (χ2v) is 6.21. The van der Waals surface area contributed by atoms with Crippen LogP contribution in [-0.4, -0.2) is 29.4 Å². The van der Waals surface area contributed by atoms with Gasteiger partial charge in [0.2, 0.25) is 0 Å². The third-order valence-corrected chi connectivity index (χ3v) is 4.71. The molecular formula is C17H17NO2S. The van der Waals surface area contributed by atoms with Crippen LogP contribution >= 0.6 is 11.8 Å². The molecule has 2 aromatic rings. The van der Waals surface area contributed by atoms with Gasteiger partial charge in [0.05, 0.1) is 0 Å². The van der Waals surface area contributed by atoms with Crippen LogP contribution in [-0.2, 0) is 11.2 Å². The molecule has 0 aliphatic carbocycles. The van der Waals surface area contributed by atoms with Crippen molar-refractivity contribution >= 4 is 23.4 Å². The molecule has 108 valence electrons. The highest BCUT2D eigenvalue weighted by atomic mass is 32.2. The highest BCUT2D eigenvalue weighted by molar-refractivity contribution is 7.99. The van der Waals surface area contributed by atoms with E-state index in [1.54, 1.807) is 11.8 Å². The van der Waals surface area contributed by atoms with E-state index >= 15 is 0 Å². The molecule has 1 unspecified atom stereocenters. The minimum absolute atomic E-state index is 0.432. The van der Waals surface area contributed by atoms with Gasteiger partial charge in [-0.25, -0.2) is 4.79 Å². The Balaban J connectivity index is 1.69. The van der Waals surface area contributed by atoms with Gasteiger partial charge in [-0.2, -0.15) is 0 Å². The van der Waals surface area contributed by atoms with Gasteiger partial charge in [-0.15, -0.1) is 11.8 Å². The molecule has 0 amide bonds. The van der Waals surface area contributed by atoms with Gasteiger partial charge in [0, 0.05) is 29.3 Å². The summed E-state index contributed by atoms with van der Waals surface area (Å²) in [5, 5.41) is 9.42. The standard InChI is InChI=1S/C17H17NO2S/c19-17(20)16-12-13-6-4-5-9-15(13)18(16)10-11-21-14-7-2-1-3-8-14/h1-9,16H,10-12H2,(H,19,20). The number of carbonyl (C=O) groups is 1. The number of carboxylic acid groups (broad SMARTS) is 1. The highest BCUT2D eigenvalue weighted by Gasteiger charge is 2.33. The van der Waals surface area contributed by atoms with Crippen molar-refractivity contribution in [2.24, 2.45) is 0 Å². The number of anilines is 1. The summed E-state index contributed by atoms with van der Waals surface area (Å²) in [4.78, 5) is 14.7. The molecule has 1 heterocycles. The van der Waals surface area contributed by atoms with Crippen molar-refractivity contribution in [1.82, 2.24) is 0 Å². The number of rotatable bonds is 5. The second-order valence-electron chi connectivity index (χ2n) is 5.04. The summed E-state index contributed by atoms with van der Waals surface area (Å²) in [5.41, 5.74) is 2.20. The van der Waals surface area contributed by atoms with E-state index in [0.29, 0.717) is 6.42 Å². The molecule has 1 atom stereocenters. The first-order chi connectivity index (χ1) is 10.3. The van der Waals surface area contributed by atoms with Crippen LogP contribution in [0.25, 0.3) is 0 Å². The fraction of sp³-hybridized carbons (Fsp3) is 0.235. The van der Waals surface area contributed by atoms with Crippen molar-refractivity contribution < 1.29 is 9.90 Å². The Labute approximate surface area is 128 Å². The molecule has 2 aromatic carbocycles. The molecule has 4 heteroatoms. The van der Waals surface area contributed by atoms with Crippen molar-refractivity contribution in [1.29, 1.82) is 0 Å². The lowest BCUT2D eigenvalue weighted by molar-refractivity contribution is -0.138. The Morgan fingerprint density at radius 1 is 1.14 bits per heavy atom. The lowest BCUT2D eigenvalue weighted by Crippen LogP contribution is -2.39. The zero-order chi connectivity index (χ0) is 14.7. The largest absolute Gasteiger partial charge is 0.480 e. The van der Waals surface area contributed by atoms with Gasteiger partial charge in [0.25, 0.3) is 0 Å². The lowest BCUT2D eigenvalue weighted by atomic mass is 10.1. The monoisotopic (exact) mass is 299 g/mol. The molecule has 0 spiro atoms. The third-order valence-electron chi connectivity index (χ3n) is 3.72. The number of hydrogen-bond donors (Lipinski definition) is 1. The van der Waals surface area contributed by atoms with Gasteiger partial charge in [-0.05, 0) is 23.8 Å². The first kappa shape index (κ1) is 14.0. The highest BCUT2D eigenvalue weighted by Crippen LogP contribution is 2.32. The number of fused-ring (bicyclic) bond motifs is 1. The van der Waals surface area contributed by atoms with Gasteiger partial charge in [0.15, 0.2) is 0 Å². The van der Waals surface area contributed by atoms with Crippen LogP contribution in [0.1, 0.15) is 5.56 Å². The predicted octanol–water partition coefficient (Wildman–Crippen LogP) is 3.29. The van der Waals surface area contributed by atoms with Crippen molar-refractivity contribution in [3.63, 3.8) is 0 Å². The summed E-state index contributed by atoms with van der Waals surface area (Å²) in [6, 6.07) is 17.8. The van der Waals surface area contributed by atoms with Crippen LogP contribution in [0.15, 0.2) is 59.5 Å². The van der Waals surface area contributed by atoms with Crippen molar-refractivity contribution in [2.45, 2.75) is 17.4 Å². The molecule has 3 nitrogen and oxygen atoms in total. The van der Waals surface area contributed by atoms with Crippen molar-refractivity contribution in [2.75, 3.05) is 17.2 Å². The smallest absolute Gasteiger partial charge is 0.326 e. The Bertz CT molecular complexity index is 630. The summed E-state index contributed by atoms with van der Waals surface area (Å²) in [5.74, 6) is 0.137. The number of carboxylic acids is 1. The van der Waals surface area contributed by atoms with E-state index in [1.165, 1.54) is 4.90 Å². The van der Waals surface area contributed by atoms with Gasteiger partial charge < -0.3 is 10.0 Å². The minimum atomic E-state index is -0.740. The van der Waals surface area contributed by atoms with Gasteiger partial charge in [-0.1, -0.05) is 36.4 Å². The minimum Gasteiger partial charge on any atom is -0.480 e. The quantitative estimate of drug-likeness (QED) is 0.860. The molecule has 0 fully saturated rings. The van der Waals surface area contributed by atoms with Crippen LogP contribution in [0.4, 0.5) is 5.69 Å². The maximum absolute atomic E-state index is 11.5. The average molecular weight is 299 g/mol. The number of hydrogen-bond acceptors (Lipinski definition) is 3. The number of nitrogens with zero attached hydrogens (tertiary/aromatic N) is 1. The maximum atomic E-state index is 11.5. The Morgan fingerprint density at radius 3 is 2.62 bits per heavy atom. The van der Waals surface area contributed by atoms with Crippen molar-refractivity contribution in [3.8, 4) is 0 Å². The number of para-hydroxylation sites is 1. The van der Waals surface area contributed by atoms with E-state index in [-0.39, 0.29) is 0 Å². The van der Waals surface area contributed by atoms with E-state index < -0.39 is 12.0 Å². The topological polar surface area (TPSA) is 40.5 Å². The van der Waals surface area contributed by atoms with Gasteiger partial charge in [-0.3, -0.25) is 0 Å². The third kappa shape index (κ3) is 3.05. The lowest BCUT2D eigenvalue weighted by Gasteiger charge is -2.24. The normalized spacial score (nSPS) is 16.8. The molecule has 0 saturated carbocycles. The van der Waals surface area contributed by atoms with E-state index in [9.17, 15) is 9.90 Å². The zero-order valence-corrected chi connectivity index (χ0v) is 12.4. The average Bonchev–Trinajstić information content (AvgIpc) is 2.88. The molecule has 21 heavy (non-hydrogen) atoms. The molecule has 0 bridgehead atoms. The summed E-state index contributed by atoms with van der Waals surface area (Å²) >= 11 is 1.76. The maximum Gasteiger partial charge on any atom is 0.326 e. The second kappa shape index (κ2) is 6.22. The molecule has 1 aliphatic rings. The zero-order valence-electron chi connectivity index (χ0n) is 11.6. The summed E-state index contributed by atoms with van der Waals surface area (Å²) < 4.78 is 0. The number of benzene rings is 2. The van der Waals surface area contributed by atoms with Crippen LogP contribution in [0.3, 0.4) is 0 Å². The fourth-order valence-electron chi connectivity index (χ4n) is 2.73. The first-order valence-corrected chi connectivity index (χ1v) is 7.99. The molecule has 0 radical (unpaired) electrons.